The predicted octanol–water partition coefficient (Wildman–Crippen LogP) is 1.56. The fraction of sp³-hybridized carbons (Fsp3) is 0.529. The Morgan fingerprint density at radius 3 is 2.88 bits per heavy atom. The number of hydrogen-bond donors (Lipinski definition) is 4. The van der Waals surface area contributed by atoms with Crippen molar-refractivity contribution < 1.29 is 9.84 Å². The summed E-state index contributed by atoms with van der Waals surface area (Å²) in [6.07, 6.45) is 2.07. The van der Waals surface area contributed by atoms with Crippen molar-refractivity contribution in [2.75, 3.05) is 25.1 Å². The van der Waals surface area contributed by atoms with Crippen LogP contribution in [-0.4, -0.2) is 46.4 Å². The third-order valence-corrected chi connectivity index (χ3v) is 3.64. The van der Waals surface area contributed by atoms with Crippen molar-refractivity contribution in [1.82, 2.24) is 9.55 Å². The van der Waals surface area contributed by atoms with E-state index in [9.17, 15) is 9.90 Å². The number of nitrogens with zero attached hydrogens (tertiary/aromatic N) is 2. The van der Waals surface area contributed by atoms with Gasteiger partial charge in [-0.15, -0.1) is 0 Å². The molecule has 25 heavy (non-hydrogen) atoms. The van der Waals surface area contributed by atoms with Gasteiger partial charge >= 0.3 is 5.69 Å². The second-order valence-electron chi connectivity index (χ2n) is 6.47. The van der Waals surface area contributed by atoms with Gasteiger partial charge < -0.3 is 25.9 Å². The number of nitrogens with one attached hydrogen (secondary N) is 2. The van der Waals surface area contributed by atoms with Crippen LogP contribution in [-0.2, 0) is 11.3 Å². The molecule has 0 radical (unpaired) electrons. The molecule has 2 rings (SSSR count). The Kier molecular flexibility index (Phi) is 6.22. The molecule has 1 heterocycles. The molecule has 1 aromatic heterocycles. The van der Waals surface area contributed by atoms with Crippen LogP contribution in [0.15, 0.2) is 21.9 Å². The molecule has 5 N–H and O–H groups in total. The van der Waals surface area contributed by atoms with Crippen LogP contribution in [0.5, 0.6) is 0 Å². The number of aliphatic imine (C=N–C) groups is 1. The molecule has 0 saturated heterocycles. The molecule has 8 nitrogen and oxygen atoms in total. The molecule has 2 aromatic rings. The molecule has 0 fully saturated rings. The molecule has 0 unspecified atom stereocenters. The summed E-state index contributed by atoms with van der Waals surface area (Å²) in [5.41, 5.74) is 6.93. The summed E-state index contributed by atoms with van der Waals surface area (Å²) in [6.45, 7) is 7.56. The third kappa shape index (κ3) is 5.07. The Bertz CT molecular complexity index is 786. The number of H-pyrrole nitrogens is 1. The van der Waals surface area contributed by atoms with E-state index in [1.807, 2.05) is 13.0 Å². The van der Waals surface area contributed by atoms with Gasteiger partial charge in [0.1, 0.15) is 0 Å². The Morgan fingerprint density at radius 1 is 1.48 bits per heavy atom. The normalized spacial score (nSPS) is 12.3. The maximum absolute atomic E-state index is 12.2. The van der Waals surface area contributed by atoms with E-state index in [4.69, 9.17) is 10.5 Å². The number of imidazole rings is 1. The zero-order valence-electron chi connectivity index (χ0n) is 15.0. The van der Waals surface area contributed by atoms with Crippen LogP contribution in [0, 0.1) is 0 Å². The summed E-state index contributed by atoms with van der Waals surface area (Å²) in [7, 11) is 0. The molecule has 0 spiro atoms. The number of fused-ring (bicyclic) bond motifs is 1. The lowest BCUT2D eigenvalue weighted by Gasteiger charge is -2.18. The van der Waals surface area contributed by atoms with E-state index in [0.717, 1.165) is 12.1 Å². The molecule has 0 bridgehead atoms. The van der Waals surface area contributed by atoms with E-state index in [0.29, 0.717) is 36.5 Å². The van der Waals surface area contributed by atoms with Gasteiger partial charge in [-0.3, -0.25) is 4.57 Å². The van der Waals surface area contributed by atoms with Crippen molar-refractivity contribution in [3.8, 4) is 0 Å². The fourth-order valence-electron chi connectivity index (χ4n) is 2.61. The Hall–Kier alpha value is -2.32. The first-order valence-electron chi connectivity index (χ1n) is 8.40. The predicted molar refractivity (Wildman–Crippen MR) is 101 cm³/mol. The third-order valence-electron chi connectivity index (χ3n) is 3.64. The highest BCUT2D eigenvalue weighted by molar-refractivity contribution is 5.88. The Balaban J connectivity index is 2.35. The smallest absolute Gasteiger partial charge is 0.326 e. The van der Waals surface area contributed by atoms with Gasteiger partial charge in [0.25, 0.3) is 0 Å². The summed E-state index contributed by atoms with van der Waals surface area (Å²) < 4.78 is 6.85. The maximum atomic E-state index is 12.2. The zero-order valence-corrected chi connectivity index (χ0v) is 15.0. The number of hydrogen-bond acceptors (Lipinski definition) is 5. The number of benzene rings is 1. The topological polar surface area (TPSA) is 118 Å². The monoisotopic (exact) mass is 349 g/mol. The highest BCUT2D eigenvalue weighted by Crippen LogP contribution is 2.29. The second kappa shape index (κ2) is 8.17. The average molecular weight is 349 g/mol. The molecule has 8 heteroatoms. The van der Waals surface area contributed by atoms with Crippen LogP contribution in [0.25, 0.3) is 11.0 Å². The Morgan fingerprint density at radius 2 is 2.24 bits per heavy atom. The number of aromatic amines is 1. The summed E-state index contributed by atoms with van der Waals surface area (Å²) in [4.78, 5) is 19.2. The van der Waals surface area contributed by atoms with Crippen LogP contribution in [0.4, 0.5) is 11.4 Å². The number of anilines is 1. The summed E-state index contributed by atoms with van der Waals surface area (Å²) in [6, 6.07) is 3.62. The van der Waals surface area contributed by atoms with Crippen LogP contribution in [0.2, 0.25) is 0 Å². The number of nitrogens with two attached hydrogens (primary N) is 1. The molecule has 0 aliphatic rings. The van der Waals surface area contributed by atoms with Crippen LogP contribution in [0.3, 0.4) is 0 Å². The van der Waals surface area contributed by atoms with Crippen LogP contribution in [0.1, 0.15) is 27.2 Å². The number of aromatic nitrogens is 2. The van der Waals surface area contributed by atoms with Gasteiger partial charge in [-0.2, -0.15) is 0 Å². The lowest BCUT2D eigenvalue weighted by molar-refractivity contribution is 0.0617. The van der Waals surface area contributed by atoms with Crippen molar-refractivity contribution in [1.29, 1.82) is 0 Å². The van der Waals surface area contributed by atoms with Crippen LogP contribution < -0.4 is 16.7 Å². The quantitative estimate of drug-likeness (QED) is 0.311. The van der Waals surface area contributed by atoms with Gasteiger partial charge in [0, 0.05) is 19.8 Å². The van der Waals surface area contributed by atoms with E-state index in [-0.39, 0.29) is 12.2 Å². The fourth-order valence-corrected chi connectivity index (χ4v) is 2.61. The lowest BCUT2D eigenvalue weighted by Crippen LogP contribution is -2.31. The van der Waals surface area contributed by atoms with E-state index in [1.165, 1.54) is 10.9 Å². The van der Waals surface area contributed by atoms with Gasteiger partial charge in [-0.25, -0.2) is 9.79 Å². The molecule has 0 saturated carbocycles. The van der Waals surface area contributed by atoms with E-state index < -0.39 is 5.60 Å². The largest absolute Gasteiger partial charge is 0.390 e. The maximum Gasteiger partial charge on any atom is 0.326 e. The van der Waals surface area contributed by atoms with E-state index >= 15 is 0 Å². The number of rotatable bonds is 9. The van der Waals surface area contributed by atoms with Crippen molar-refractivity contribution in [3.05, 3.63) is 22.6 Å². The second-order valence-corrected chi connectivity index (χ2v) is 6.47. The first kappa shape index (κ1) is 19.0. The first-order valence-corrected chi connectivity index (χ1v) is 8.40. The molecule has 0 aliphatic carbocycles. The lowest BCUT2D eigenvalue weighted by atomic mass is 10.1. The minimum atomic E-state index is -1.00. The SMILES string of the molecule is CCOCCCNc1cc2c(cc1N=CN)[nH]c(=O)n2CC(C)(C)O. The molecule has 0 aliphatic heterocycles. The van der Waals surface area contributed by atoms with E-state index in [1.54, 1.807) is 19.9 Å². The standard InChI is InChI=1S/C17H27N5O3/c1-4-25-7-5-6-19-13-9-15-14(8-12(13)20-11-18)21-16(23)22(15)10-17(2,3)24/h8-9,11,19,24H,4-7,10H2,1-3H3,(H2,18,20)(H,21,23). The summed E-state index contributed by atoms with van der Waals surface area (Å²) in [5, 5.41) is 13.4. The van der Waals surface area contributed by atoms with E-state index in [2.05, 4.69) is 15.3 Å². The Labute approximate surface area is 146 Å². The van der Waals surface area contributed by atoms with Crippen molar-refractivity contribution in [3.63, 3.8) is 0 Å². The summed E-state index contributed by atoms with van der Waals surface area (Å²) in [5.74, 6) is 0. The average Bonchev–Trinajstić information content (AvgIpc) is 2.81. The minimum absolute atomic E-state index is 0.190. The van der Waals surface area contributed by atoms with Crippen molar-refractivity contribution in [2.45, 2.75) is 39.3 Å². The molecule has 0 amide bonds. The van der Waals surface area contributed by atoms with Gasteiger partial charge in [0.15, 0.2) is 0 Å². The molecule has 1 aromatic carbocycles. The molecular weight excluding hydrogens is 322 g/mol. The highest BCUT2D eigenvalue weighted by Gasteiger charge is 2.18. The zero-order chi connectivity index (χ0) is 18.4. The van der Waals surface area contributed by atoms with Gasteiger partial charge in [0.05, 0.1) is 40.9 Å². The van der Waals surface area contributed by atoms with Gasteiger partial charge in [0.2, 0.25) is 0 Å². The number of ether oxygens (including phenoxy) is 1. The van der Waals surface area contributed by atoms with Gasteiger partial charge in [-0.05, 0) is 39.3 Å². The highest BCUT2D eigenvalue weighted by atomic mass is 16.5. The van der Waals surface area contributed by atoms with Gasteiger partial charge in [-0.1, -0.05) is 0 Å². The minimum Gasteiger partial charge on any atom is -0.390 e. The molecular formula is C17H27N5O3. The van der Waals surface area contributed by atoms with Crippen LogP contribution >= 0.6 is 0 Å². The first-order chi connectivity index (χ1) is 11.9. The summed E-state index contributed by atoms with van der Waals surface area (Å²) >= 11 is 0. The molecule has 0 atom stereocenters. The number of aliphatic hydroxyl groups is 1. The van der Waals surface area contributed by atoms with Crippen molar-refractivity contribution >= 4 is 28.7 Å². The van der Waals surface area contributed by atoms with Crippen molar-refractivity contribution in [2.24, 2.45) is 10.7 Å². The molecule has 138 valence electrons.